The van der Waals surface area contributed by atoms with E-state index < -0.39 is 19.1 Å². The van der Waals surface area contributed by atoms with E-state index in [4.69, 9.17) is 9.05 Å². The molecule has 0 N–H and O–H groups in total. The van der Waals surface area contributed by atoms with Gasteiger partial charge in [0, 0.05) is 12.6 Å². The Morgan fingerprint density at radius 3 is 2.53 bits per heavy atom. The van der Waals surface area contributed by atoms with Gasteiger partial charge in [0.15, 0.2) is 0 Å². The predicted molar refractivity (Wildman–Crippen MR) is 60.4 cm³/mol. The van der Waals surface area contributed by atoms with Gasteiger partial charge in [0.05, 0.1) is 20.3 Å². The molecule has 1 unspecified atom stereocenters. The molecule has 0 aromatic carbocycles. The van der Waals surface area contributed by atoms with E-state index in [0.717, 1.165) is 13.0 Å². The summed E-state index contributed by atoms with van der Waals surface area (Å²) in [5, 5.41) is 0. The number of hydrogen-bond donors (Lipinski definition) is 0. The molecule has 2 saturated heterocycles. The van der Waals surface area contributed by atoms with Crippen LogP contribution in [0.25, 0.3) is 0 Å². The van der Waals surface area contributed by atoms with Crippen LogP contribution in [-0.2, 0) is 23.1 Å². The molecule has 2 aliphatic heterocycles. The van der Waals surface area contributed by atoms with Crippen molar-refractivity contribution in [2.24, 2.45) is 5.41 Å². The maximum Gasteiger partial charge on any atom is 0.408 e. The first kappa shape index (κ1) is 13.0. The largest absolute Gasteiger partial charge is 0.468 e. The van der Waals surface area contributed by atoms with Crippen LogP contribution < -0.4 is 0 Å². The molecule has 6 nitrogen and oxygen atoms in total. The van der Waals surface area contributed by atoms with Gasteiger partial charge in [-0.05, 0) is 13.3 Å². The molecule has 17 heavy (non-hydrogen) atoms. The van der Waals surface area contributed by atoms with Gasteiger partial charge in [-0.2, -0.15) is 0 Å². The first-order chi connectivity index (χ1) is 7.95. The zero-order valence-electron chi connectivity index (χ0n) is 10.3. The van der Waals surface area contributed by atoms with Crippen LogP contribution in [0.5, 0.6) is 0 Å². The van der Waals surface area contributed by atoms with Crippen molar-refractivity contribution in [3.63, 3.8) is 0 Å². The van der Waals surface area contributed by atoms with Crippen molar-refractivity contribution >= 4 is 13.7 Å². The lowest BCUT2D eigenvalue weighted by molar-refractivity contribution is -0.158. The third-order valence-corrected chi connectivity index (χ3v) is 5.27. The fourth-order valence-electron chi connectivity index (χ4n) is 1.85. The first-order valence-corrected chi connectivity index (χ1v) is 7.19. The highest BCUT2D eigenvalue weighted by Crippen LogP contribution is 2.62. The van der Waals surface area contributed by atoms with E-state index in [1.54, 1.807) is 11.6 Å². The smallest absolute Gasteiger partial charge is 0.408 e. The van der Waals surface area contributed by atoms with Crippen LogP contribution >= 0.6 is 7.75 Å². The van der Waals surface area contributed by atoms with Gasteiger partial charge in [0.25, 0.3) is 0 Å². The number of ether oxygens (including phenoxy) is 1. The minimum absolute atomic E-state index is 0.0733. The average molecular weight is 263 g/mol. The summed E-state index contributed by atoms with van der Waals surface area (Å²) in [6, 6.07) is 0.281. The summed E-state index contributed by atoms with van der Waals surface area (Å²) in [5.41, 5.74) is -0.861. The topological polar surface area (TPSA) is 64.8 Å². The van der Waals surface area contributed by atoms with E-state index in [1.807, 2.05) is 6.92 Å². The van der Waals surface area contributed by atoms with E-state index in [2.05, 4.69) is 4.74 Å². The molecule has 2 atom stereocenters. The molecule has 0 saturated carbocycles. The van der Waals surface area contributed by atoms with E-state index in [1.165, 1.54) is 7.11 Å². The first-order valence-electron chi connectivity index (χ1n) is 5.70. The fourth-order valence-corrected chi connectivity index (χ4v) is 4.07. The van der Waals surface area contributed by atoms with Crippen LogP contribution in [0.1, 0.15) is 20.3 Å². The lowest BCUT2D eigenvalue weighted by atomic mass is 9.93. The summed E-state index contributed by atoms with van der Waals surface area (Å²) >= 11 is 0. The molecule has 98 valence electrons. The number of carbonyl (C=O) groups excluding carboxylic acids is 1. The highest BCUT2D eigenvalue weighted by Gasteiger charge is 2.54. The van der Waals surface area contributed by atoms with E-state index in [-0.39, 0.29) is 19.3 Å². The van der Waals surface area contributed by atoms with Crippen molar-refractivity contribution in [2.45, 2.75) is 26.3 Å². The highest BCUT2D eigenvalue weighted by molar-refractivity contribution is 7.51. The number of carbonyl (C=O) groups is 1. The van der Waals surface area contributed by atoms with Crippen LogP contribution in [-0.4, -0.2) is 43.5 Å². The summed E-state index contributed by atoms with van der Waals surface area (Å²) in [6.07, 6.45) is 0.922. The Bertz CT molecular complexity index is 360. The van der Waals surface area contributed by atoms with Crippen LogP contribution in [0.2, 0.25) is 0 Å². The molecule has 0 spiro atoms. The third kappa shape index (κ3) is 2.27. The van der Waals surface area contributed by atoms with E-state index in [0.29, 0.717) is 0 Å². The molecule has 2 aliphatic rings. The number of methoxy groups -OCH3 is 1. The van der Waals surface area contributed by atoms with Gasteiger partial charge in [-0.3, -0.25) is 13.8 Å². The Balaban J connectivity index is 1.98. The Hall–Kier alpha value is -0.420. The van der Waals surface area contributed by atoms with Crippen LogP contribution in [0.4, 0.5) is 0 Å². The van der Waals surface area contributed by atoms with Crippen molar-refractivity contribution in [3.05, 3.63) is 0 Å². The van der Waals surface area contributed by atoms with Crippen molar-refractivity contribution in [1.82, 2.24) is 4.67 Å². The SMILES string of the molecule is CC[C@H]1CN1P1(=O)OCC(C)(C(=O)OC)CO1. The zero-order chi connectivity index (χ0) is 12.7. The van der Waals surface area contributed by atoms with Gasteiger partial charge < -0.3 is 4.74 Å². The molecule has 0 amide bonds. The van der Waals surface area contributed by atoms with Crippen LogP contribution in [0.15, 0.2) is 0 Å². The minimum atomic E-state index is -3.15. The molecule has 0 radical (unpaired) electrons. The van der Waals surface area contributed by atoms with Gasteiger partial charge in [-0.1, -0.05) is 6.92 Å². The van der Waals surface area contributed by atoms with Crippen molar-refractivity contribution in [3.8, 4) is 0 Å². The summed E-state index contributed by atoms with van der Waals surface area (Å²) in [5.74, 6) is -0.401. The van der Waals surface area contributed by atoms with Gasteiger partial charge >= 0.3 is 13.7 Å². The maximum atomic E-state index is 12.3. The molecule has 0 aromatic heterocycles. The van der Waals surface area contributed by atoms with Crippen LogP contribution in [0, 0.1) is 5.41 Å². The lowest BCUT2D eigenvalue weighted by Gasteiger charge is -2.34. The molecular weight excluding hydrogens is 245 g/mol. The lowest BCUT2D eigenvalue weighted by Crippen LogP contribution is -2.41. The van der Waals surface area contributed by atoms with Gasteiger partial charge in [0.1, 0.15) is 5.41 Å². The van der Waals surface area contributed by atoms with Crippen LogP contribution in [0.3, 0.4) is 0 Å². The second-order valence-electron chi connectivity index (χ2n) is 4.75. The van der Waals surface area contributed by atoms with E-state index >= 15 is 0 Å². The second-order valence-corrected chi connectivity index (χ2v) is 6.72. The molecule has 2 fully saturated rings. The number of rotatable bonds is 3. The molecule has 0 aromatic rings. The summed E-state index contributed by atoms with van der Waals surface area (Å²) in [4.78, 5) is 11.5. The molecule has 7 heteroatoms. The predicted octanol–water partition coefficient (Wildman–Crippen LogP) is 1.41. The quantitative estimate of drug-likeness (QED) is 0.436. The molecule has 2 rings (SSSR count). The minimum Gasteiger partial charge on any atom is -0.468 e. The van der Waals surface area contributed by atoms with Crippen molar-refractivity contribution < 1.29 is 23.1 Å². The summed E-state index contributed by atoms with van der Waals surface area (Å²) < 4.78 is 29.3. The molecular formula is C10H18NO5P. The highest BCUT2D eigenvalue weighted by atomic mass is 31.2. The Morgan fingerprint density at radius 2 is 2.12 bits per heavy atom. The number of hydrogen-bond acceptors (Lipinski definition) is 5. The number of esters is 1. The molecule has 0 aliphatic carbocycles. The maximum absolute atomic E-state index is 12.3. The summed E-state index contributed by atoms with van der Waals surface area (Å²) in [7, 11) is -1.83. The summed E-state index contributed by atoms with van der Waals surface area (Å²) in [6.45, 7) is 4.59. The fraction of sp³-hybridized carbons (Fsp3) is 0.900. The third-order valence-electron chi connectivity index (χ3n) is 3.24. The monoisotopic (exact) mass is 263 g/mol. The Kier molecular flexibility index (Phi) is 3.34. The standard InChI is InChI=1S/C10H18NO5P/c1-4-8-5-11(8)17(13)15-6-10(2,7-16-17)9(12)14-3/h8H,4-7H2,1-3H3/t8-,10?,11?,17?/m0/s1. The Morgan fingerprint density at radius 1 is 1.53 bits per heavy atom. The molecule has 2 heterocycles. The second kappa shape index (κ2) is 4.35. The molecule has 0 bridgehead atoms. The average Bonchev–Trinajstić information content (AvgIpc) is 3.12. The van der Waals surface area contributed by atoms with Gasteiger partial charge in [-0.25, -0.2) is 9.24 Å². The normalized spacial score (nSPS) is 45.4. The Labute approximate surface area is 101 Å². The van der Waals surface area contributed by atoms with E-state index in [9.17, 15) is 9.36 Å². The number of nitrogens with zero attached hydrogens (tertiary/aromatic N) is 1. The van der Waals surface area contributed by atoms with Gasteiger partial charge in [0.2, 0.25) is 0 Å². The zero-order valence-corrected chi connectivity index (χ0v) is 11.2. The van der Waals surface area contributed by atoms with Crippen molar-refractivity contribution in [2.75, 3.05) is 26.9 Å². The van der Waals surface area contributed by atoms with Gasteiger partial charge in [-0.15, -0.1) is 0 Å². The van der Waals surface area contributed by atoms with Crippen molar-refractivity contribution in [1.29, 1.82) is 0 Å².